The van der Waals surface area contributed by atoms with Gasteiger partial charge in [0.15, 0.2) is 0 Å². The smallest absolute Gasteiger partial charge is 0.406 e. The lowest BCUT2D eigenvalue weighted by Crippen LogP contribution is -2.17. The maximum Gasteiger partial charge on any atom is 0.573 e. The van der Waals surface area contributed by atoms with Crippen molar-refractivity contribution in [3.63, 3.8) is 0 Å². The first-order valence-corrected chi connectivity index (χ1v) is 7.68. The average Bonchev–Trinajstić information content (AvgIpc) is 2.53. The van der Waals surface area contributed by atoms with Crippen LogP contribution in [0.2, 0.25) is 0 Å². The number of benzene rings is 2. The van der Waals surface area contributed by atoms with Crippen LogP contribution >= 0.6 is 0 Å². The summed E-state index contributed by atoms with van der Waals surface area (Å²) in [6.45, 7) is 3.03. The van der Waals surface area contributed by atoms with Crippen LogP contribution in [0, 0.1) is 0 Å². The molecule has 0 heterocycles. The number of hydrogen-bond donors (Lipinski definition) is 2. The van der Waals surface area contributed by atoms with Gasteiger partial charge in [-0.25, -0.2) is 0 Å². The standard InChI is InChI=1S/C9H9F3O2.C9H9F3O/c1-6(13)7-2-4-8(5-3-7)14-9(10,11)12;1-6(13)7-2-4-8(5-3-7)9(10,11)12/h2-6,13H,1H3;2-6,13H,1H3. The molecule has 0 amide bonds. The summed E-state index contributed by atoms with van der Waals surface area (Å²) < 4.78 is 75.0. The SMILES string of the molecule is CC(O)c1ccc(C(F)(F)F)cc1.CC(O)c1ccc(OC(F)(F)F)cc1. The minimum absolute atomic E-state index is 0.290. The number of ether oxygens (including phenoxy) is 1. The summed E-state index contributed by atoms with van der Waals surface area (Å²) in [5.74, 6) is -0.290. The fourth-order valence-electron chi connectivity index (χ4n) is 1.90. The molecule has 0 aliphatic carbocycles. The van der Waals surface area contributed by atoms with Crippen molar-refractivity contribution in [2.45, 2.75) is 38.6 Å². The van der Waals surface area contributed by atoms with Crippen molar-refractivity contribution in [2.24, 2.45) is 0 Å². The van der Waals surface area contributed by atoms with Crippen LogP contribution in [-0.2, 0) is 6.18 Å². The first kappa shape index (κ1) is 22.8. The van der Waals surface area contributed by atoms with Crippen molar-refractivity contribution in [3.05, 3.63) is 65.2 Å². The summed E-state index contributed by atoms with van der Waals surface area (Å²) in [7, 11) is 0. The molecule has 0 spiro atoms. The normalized spacial score (nSPS) is 14.0. The van der Waals surface area contributed by atoms with Crippen molar-refractivity contribution >= 4 is 0 Å². The lowest BCUT2D eigenvalue weighted by molar-refractivity contribution is -0.274. The zero-order valence-corrected chi connectivity index (χ0v) is 14.3. The Hall–Kier alpha value is -2.26. The monoisotopic (exact) mass is 396 g/mol. The first-order valence-electron chi connectivity index (χ1n) is 7.68. The molecule has 2 atom stereocenters. The fourth-order valence-corrected chi connectivity index (χ4v) is 1.90. The molecule has 0 saturated carbocycles. The second-order valence-electron chi connectivity index (χ2n) is 5.59. The summed E-state index contributed by atoms with van der Waals surface area (Å²) in [6.07, 6.45) is -10.4. The molecule has 2 N–H and O–H groups in total. The van der Waals surface area contributed by atoms with E-state index >= 15 is 0 Å². The highest BCUT2D eigenvalue weighted by atomic mass is 19.4. The second-order valence-corrected chi connectivity index (χ2v) is 5.59. The molecular formula is C18H18F6O3. The minimum Gasteiger partial charge on any atom is -0.406 e. The van der Waals surface area contributed by atoms with E-state index in [1.54, 1.807) is 0 Å². The molecule has 2 rings (SSSR count). The Morgan fingerprint density at radius 1 is 0.704 bits per heavy atom. The van der Waals surface area contributed by atoms with E-state index in [2.05, 4.69) is 4.74 Å². The molecule has 2 unspecified atom stereocenters. The van der Waals surface area contributed by atoms with Crippen LogP contribution in [0.1, 0.15) is 42.7 Å². The van der Waals surface area contributed by atoms with Crippen molar-refractivity contribution in [1.29, 1.82) is 0 Å². The third-order valence-electron chi connectivity index (χ3n) is 3.32. The summed E-state index contributed by atoms with van der Waals surface area (Å²) in [5, 5.41) is 18.1. The molecule has 0 bridgehead atoms. The molecule has 150 valence electrons. The van der Waals surface area contributed by atoms with Crippen LogP contribution in [0.15, 0.2) is 48.5 Å². The number of hydrogen-bond acceptors (Lipinski definition) is 3. The zero-order chi connectivity index (χ0) is 20.8. The van der Waals surface area contributed by atoms with Gasteiger partial charge in [-0.3, -0.25) is 0 Å². The predicted octanol–water partition coefficient (Wildman–Crippen LogP) is 5.40. The average molecular weight is 396 g/mol. The Kier molecular flexibility index (Phi) is 7.67. The Labute approximate surface area is 151 Å². The quantitative estimate of drug-likeness (QED) is 0.684. The molecule has 3 nitrogen and oxygen atoms in total. The highest BCUT2D eigenvalue weighted by Crippen LogP contribution is 2.29. The van der Waals surface area contributed by atoms with E-state index in [-0.39, 0.29) is 5.75 Å². The molecule has 0 aliphatic rings. The molecule has 2 aromatic rings. The van der Waals surface area contributed by atoms with Crippen molar-refractivity contribution in [1.82, 2.24) is 0 Å². The maximum atomic E-state index is 12.1. The third-order valence-corrected chi connectivity index (χ3v) is 3.32. The van der Waals surface area contributed by atoms with E-state index < -0.39 is 30.3 Å². The summed E-state index contributed by atoms with van der Waals surface area (Å²) in [4.78, 5) is 0. The molecule has 0 saturated heterocycles. The topological polar surface area (TPSA) is 49.7 Å². The fraction of sp³-hybridized carbons (Fsp3) is 0.333. The number of aliphatic hydroxyl groups excluding tert-OH is 2. The highest BCUT2D eigenvalue weighted by molar-refractivity contribution is 5.28. The predicted molar refractivity (Wildman–Crippen MR) is 85.8 cm³/mol. The van der Waals surface area contributed by atoms with Crippen molar-refractivity contribution < 1.29 is 41.3 Å². The first-order chi connectivity index (χ1) is 12.3. The summed E-state index contributed by atoms with van der Waals surface area (Å²) >= 11 is 0. The van der Waals surface area contributed by atoms with Gasteiger partial charge in [0.2, 0.25) is 0 Å². The van der Waals surface area contributed by atoms with E-state index in [1.165, 1.54) is 38.1 Å². The largest absolute Gasteiger partial charge is 0.573 e. The van der Waals surface area contributed by atoms with Gasteiger partial charge in [0.1, 0.15) is 5.75 Å². The van der Waals surface area contributed by atoms with E-state index in [4.69, 9.17) is 10.2 Å². The molecule has 0 aliphatic heterocycles. The van der Waals surface area contributed by atoms with Crippen LogP contribution in [-0.4, -0.2) is 16.6 Å². The van der Waals surface area contributed by atoms with E-state index in [0.29, 0.717) is 11.1 Å². The number of aliphatic hydroxyl groups is 2. The van der Waals surface area contributed by atoms with Gasteiger partial charge in [0.05, 0.1) is 17.8 Å². The second kappa shape index (κ2) is 9.09. The van der Waals surface area contributed by atoms with Crippen LogP contribution in [0.4, 0.5) is 26.3 Å². The lowest BCUT2D eigenvalue weighted by Gasteiger charge is -2.09. The minimum atomic E-state index is -4.67. The Morgan fingerprint density at radius 3 is 1.37 bits per heavy atom. The van der Waals surface area contributed by atoms with E-state index in [9.17, 15) is 26.3 Å². The number of rotatable bonds is 3. The Balaban J connectivity index is 0.000000271. The molecule has 0 aromatic heterocycles. The highest BCUT2D eigenvalue weighted by Gasteiger charge is 2.31. The van der Waals surface area contributed by atoms with Crippen molar-refractivity contribution in [2.75, 3.05) is 0 Å². The van der Waals surface area contributed by atoms with Crippen LogP contribution in [0.25, 0.3) is 0 Å². The van der Waals surface area contributed by atoms with Gasteiger partial charge in [0, 0.05) is 0 Å². The molecular weight excluding hydrogens is 378 g/mol. The van der Waals surface area contributed by atoms with E-state index in [1.807, 2.05) is 0 Å². The van der Waals surface area contributed by atoms with Crippen LogP contribution < -0.4 is 4.74 Å². The zero-order valence-electron chi connectivity index (χ0n) is 14.3. The van der Waals surface area contributed by atoms with Crippen LogP contribution in [0.5, 0.6) is 5.75 Å². The molecule has 27 heavy (non-hydrogen) atoms. The van der Waals surface area contributed by atoms with Gasteiger partial charge < -0.3 is 14.9 Å². The Bertz CT molecular complexity index is 689. The van der Waals surface area contributed by atoms with Crippen molar-refractivity contribution in [3.8, 4) is 5.75 Å². The summed E-state index contributed by atoms with van der Waals surface area (Å²) in [6, 6.07) is 9.55. The number of halogens is 6. The molecule has 2 aromatic carbocycles. The van der Waals surface area contributed by atoms with Gasteiger partial charge in [-0.15, -0.1) is 13.2 Å². The Morgan fingerprint density at radius 2 is 1.07 bits per heavy atom. The van der Waals surface area contributed by atoms with Gasteiger partial charge in [-0.05, 0) is 49.2 Å². The summed E-state index contributed by atoms with van der Waals surface area (Å²) in [5.41, 5.74) is 0.324. The van der Waals surface area contributed by atoms with E-state index in [0.717, 1.165) is 24.3 Å². The van der Waals surface area contributed by atoms with Crippen LogP contribution in [0.3, 0.4) is 0 Å². The third kappa shape index (κ3) is 8.31. The van der Waals surface area contributed by atoms with Gasteiger partial charge >= 0.3 is 12.5 Å². The van der Waals surface area contributed by atoms with Gasteiger partial charge in [-0.1, -0.05) is 24.3 Å². The number of alkyl halides is 6. The lowest BCUT2D eigenvalue weighted by atomic mass is 10.1. The van der Waals surface area contributed by atoms with Gasteiger partial charge in [-0.2, -0.15) is 13.2 Å². The maximum absolute atomic E-state index is 12.1. The van der Waals surface area contributed by atoms with Gasteiger partial charge in [0.25, 0.3) is 0 Å². The molecule has 0 radical (unpaired) electrons. The molecule has 0 fully saturated rings. The molecule has 9 heteroatoms.